The van der Waals surface area contributed by atoms with Crippen LogP contribution in [0.15, 0.2) is 36.4 Å². The molecule has 0 aliphatic heterocycles. The third-order valence-corrected chi connectivity index (χ3v) is 4.58. The predicted molar refractivity (Wildman–Crippen MR) is 115 cm³/mol. The number of hydrogen-bond donors (Lipinski definition) is 2. The number of alkyl halides is 3. The fraction of sp³-hybridized carbons (Fsp3) is 0.348. The number of amides is 1. The Balaban J connectivity index is 1.89. The molecule has 2 N–H and O–H groups in total. The number of halogens is 3. The first-order chi connectivity index (χ1) is 16.0. The lowest BCUT2D eigenvalue weighted by Crippen LogP contribution is -2.23. The molecule has 0 heterocycles. The molecule has 34 heavy (non-hydrogen) atoms. The molecule has 11 heteroatoms. The minimum absolute atomic E-state index is 0.0671. The first-order valence-electron chi connectivity index (χ1n) is 10.2. The Morgan fingerprint density at radius 1 is 1.00 bits per heavy atom. The van der Waals surface area contributed by atoms with Crippen molar-refractivity contribution in [2.45, 2.75) is 32.4 Å². The molecule has 2 rings (SSSR count). The third kappa shape index (κ3) is 7.98. The molecule has 0 saturated carbocycles. The Hall–Kier alpha value is -3.76. The summed E-state index contributed by atoms with van der Waals surface area (Å²) in [6.45, 7) is 1.51. The number of Topliss-reactive ketones (excluding diaryl/α,β-unsaturated/α-hetero) is 1. The zero-order valence-corrected chi connectivity index (χ0v) is 18.5. The number of benzene rings is 2. The second-order valence-corrected chi connectivity index (χ2v) is 7.13. The number of hydrogen-bond acceptors (Lipinski definition) is 7. The molecule has 0 saturated heterocycles. The van der Waals surface area contributed by atoms with Crippen molar-refractivity contribution in [1.82, 2.24) is 0 Å². The Morgan fingerprint density at radius 3 is 2.24 bits per heavy atom. The van der Waals surface area contributed by atoms with Crippen LogP contribution >= 0.6 is 0 Å². The van der Waals surface area contributed by atoms with Gasteiger partial charge in [-0.05, 0) is 49.7 Å². The number of phenols is 1. The van der Waals surface area contributed by atoms with Gasteiger partial charge in [0.1, 0.15) is 17.2 Å². The molecule has 2 aromatic carbocycles. The number of carbonyl (C=O) groups excluding carboxylic acids is 3. The van der Waals surface area contributed by atoms with Crippen LogP contribution in [-0.2, 0) is 20.7 Å². The lowest BCUT2D eigenvalue weighted by molar-refractivity contribution is -0.150. The van der Waals surface area contributed by atoms with E-state index in [2.05, 4.69) is 10.1 Å². The summed E-state index contributed by atoms with van der Waals surface area (Å²) in [6, 6.07) is 8.87. The second kappa shape index (κ2) is 11.9. The molecule has 0 atom stereocenters. The zero-order chi connectivity index (χ0) is 25.3. The fourth-order valence-corrected chi connectivity index (χ4v) is 2.89. The first kappa shape index (κ1) is 26.5. The van der Waals surface area contributed by atoms with Crippen molar-refractivity contribution in [2.75, 3.05) is 25.6 Å². The smallest absolute Gasteiger partial charge is 0.396 e. The second-order valence-electron chi connectivity index (χ2n) is 7.13. The lowest BCUT2D eigenvalue weighted by Gasteiger charge is -2.16. The molecule has 0 radical (unpaired) electrons. The SMILES string of the molecule is COC(=O)C(=O)Nc1ccc(OCCCOc2ccc(C(C)=O)c(O)c2CCC(F)(F)F)cc1. The standard InChI is InChI=1S/C23H24F3NO7/c1-14(28)17-8-9-19(18(20(17)29)10-11-23(24,25)26)34-13-3-12-33-16-6-4-15(5-7-16)27-21(30)22(31)32-2/h4-9,29H,3,10-13H2,1-2H3,(H,27,30). The van der Waals surface area contributed by atoms with Gasteiger partial charge < -0.3 is 24.6 Å². The molecular formula is C23H24F3NO7. The van der Waals surface area contributed by atoms with Crippen LogP contribution in [0.1, 0.15) is 35.7 Å². The molecule has 0 aliphatic rings. The molecule has 0 aliphatic carbocycles. The van der Waals surface area contributed by atoms with E-state index < -0.39 is 42.4 Å². The van der Waals surface area contributed by atoms with E-state index in [1.165, 1.54) is 31.2 Å². The number of rotatable bonds is 10. The van der Waals surface area contributed by atoms with E-state index in [1.54, 1.807) is 12.1 Å². The van der Waals surface area contributed by atoms with Gasteiger partial charge in [0, 0.05) is 24.1 Å². The molecule has 184 valence electrons. The average Bonchev–Trinajstić information content (AvgIpc) is 2.77. The highest BCUT2D eigenvalue weighted by atomic mass is 19.4. The van der Waals surface area contributed by atoms with Gasteiger partial charge in [0.05, 0.1) is 25.9 Å². The van der Waals surface area contributed by atoms with Gasteiger partial charge in [0.25, 0.3) is 0 Å². The van der Waals surface area contributed by atoms with Gasteiger partial charge in [0.2, 0.25) is 0 Å². The monoisotopic (exact) mass is 483 g/mol. The van der Waals surface area contributed by atoms with Crippen molar-refractivity contribution in [3.63, 3.8) is 0 Å². The minimum Gasteiger partial charge on any atom is -0.507 e. The Kier molecular flexibility index (Phi) is 9.28. The van der Waals surface area contributed by atoms with Crippen molar-refractivity contribution in [2.24, 2.45) is 0 Å². The van der Waals surface area contributed by atoms with E-state index in [9.17, 15) is 32.7 Å². The van der Waals surface area contributed by atoms with Crippen LogP contribution in [0, 0.1) is 0 Å². The van der Waals surface area contributed by atoms with Crippen molar-refractivity contribution < 1.29 is 46.9 Å². The maximum Gasteiger partial charge on any atom is 0.396 e. The number of aromatic hydroxyl groups is 1. The first-order valence-corrected chi connectivity index (χ1v) is 10.2. The molecule has 0 bridgehead atoms. The number of methoxy groups -OCH3 is 1. The number of anilines is 1. The van der Waals surface area contributed by atoms with E-state index >= 15 is 0 Å². The lowest BCUT2D eigenvalue weighted by atomic mass is 10.0. The van der Waals surface area contributed by atoms with Crippen molar-refractivity contribution >= 4 is 23.3 Å². The summed E-state index contributed by atoms with van der Waals surface area (Å²) in [4.78, 5) is 34.2. The van der Waals surface area contributed by atoms with Crippen molar-refractivity contribution in [3.05, 3.63) is 47.5 Å². The molecule has 2 aromatic rings. The molecule has 0 spiro atoms. The van der Waals surface area contributed by atoms with Gasteiger partial charge in [-0.25, -0.2) is 4.79 Å². The predicted octanol–water partition coefficient (Wildman–Crippen LogP) is 4.05. The van der Waals surface area contributed by atoms with E-state index in [0.29, 0.717) is 17.9 Å². The van der Waals surface area contributed by atoms with E-state index in [1.807, 2.05) is 0 Å². The third-order valence-electron chi connectivity index (χ3n) is 4.58. The topological polar surface area (TPSA) is 111 Å². The summed E-state index contributed by atoms with van der Waals surface area (Å²) in [5, 5.41) is 12.6. The maximum atomic E-state index is 12.7. The van der Waals surface area contributed by atoms with Gasteiger partial charge in [-0.2, -0.15) is 13.2 Å². The Morgan fingerprint density at radius 2 is 1.65 bits per heavy atom. The number of phenolic OH excluding ortho intramolecular Hbond substituents is 1. The van der Waals surface area contributed by atoms with Gasteiger partial charge in [-0.3, -0.25) is 9.59 Å². The average molecular weight is 483 g/mol. The van der Waals surface area contributed by atoms with Crippen LogP contribution in [0.2, 0.25) is 0 Å². The minimum atomic E-state index is -4.43. The maximum absolute atomic E-state index is 12.7. The number of carbonyl (C=O) groups is 3. The van der Waals surface area contributed by atoms with E-state index in [-0.39, 0.29) is 30.1 Å². The quantitative estimate of drug-likeness (QED) is 0.227. The molecule has 1 amide bonds. The largest absolute Gasteiger partial charge is 0.507 e. The van der Waals surface area contributed by atoms with Gasteiger partial charge in [-0.1, -0.05) is 0 Å². The summed E-state index contributed by atoms with van der Waals surface area (Å²) in [5.41, 5.74) is 0.223. The van der Waals surface area contributed by atoms with Crippen LogP contribution in [-0.4, -0.2) is 49.3 Å². The van der Waals surface area contributed by atoms with Crippen LogP contribution in [0.4, 0.5) is 18.9 Å². The van der Waals surface area contributed by atoms with Gasteiger partial charge in [-0.15, -0.1) is 0 Å². The molecule has 0 aromatic heterocycles. The number of ether oxygens (including phenoxy) is 3. The number of esters is 1. The highest BCUT2D eigenvalue weighted by Gasteiger charge is 2.28. The Bertz CT molecular complexity index is 1020. The van der Waals surface area contributed by atoms with Gasteiger partial charge in [0.15, 0.2) is 5.78 Å². The summed E-state index contributed by atoms with van der Waals surface area (Å²) < 4.78 is 53.4. The summed E-state index contributed by atoms with van der Waals surface area (Å²) in [5.74, 6) is -2.37. The van der Waals surface area contributed by atoms with Crippen LogP contribution < -0.4 is 14.8 Å². The number of nitrogens with one attached hydrogen (secondary N) is 1. The summed E-state index contributed by atoms with van der Waals surface area (Å²) >= 11 is 0. The van der Waals surface area contributed by atoms with Crippen LogP contribution in [0.3, 0.4) is 0 Å². The van der Waals surface area contributed by atoms with Gasteiger partial charge >= 0.3 is 18.1 Å². The van der Waals surface area contributed by atoms with E-state index in [0.717, 1.165) is 7.11 Å². The van der Waals surface area contributed by atoms with E-state index in [4.69, 9.17) is 9.47 Å². The fourth-order valence-electron chi connectivity index (χ4n) is 2.89. The normalized spacial score (nSPS) is 11.0. The molecule has 0 fully saturated rings. The van der Waals surface area contributed by atoms with Crippen molar-refractivity contribution in [3.8, 4) is 17.2 Å². The highest BCUT2D eigenvalue weighted by molar-refractivity contribution is 6.37. The highest BCUT2D eigenvalue weighted by Crippen LogP contribution is 2.35. The van der Waals surface area contributed by atoms with Crippen LogP contribution in [0.5, 0.6) is 17.2 Å². The van der Waals surface area contributed by atoms with Crippen LogP contribution in [0.25, 0.3) is 0 Å². The number of ketones is 1. The molecular weight excluding hydrogens is 459 g/mol. The Labute approximate surface area is 193 Å². The molecule has 0 unspecified atom stereocenters. The summed E-state index contributed by atoms with van der Waals surface area (Å²) in [6.07, 6.45) is -5.76. The van der Waals surface area contributed by atoms with Crippen molar-refractivity contribution in [1.29, 1.82) is 0 Å². The molecule has 8 nitrogen and oxygen atoms in total. The summed E-state index contributed by atoms with van der Waals surface area (Å²) in [7, 11) is 1.09. The zero-order valence-electron chi connectivity index (χ0n) is 18.5.